The summed E-state index contributed by atoms with van der Waals surface area (Å²) in [6.07, 6.45) is 2.44. The Morgan fingerprint density at radius 1 is 0.958 bits per heavy atom. The molecule has 0 aliphatic carbocycles. The van der Waals surface area contributed by atoms with Gasteiger partial charge in [0.2, 0.25) is 0 Å². The molecule has 1 heterocycles. The Bertz CT molecular complexity index is 948. The molecule has 7 nitrogen and oxygen atoms in total. The largest absolute Gasteiger partial charge is 0.383 e. The molecule has 1 aliphatic heterocycles. The van der Waals surface area contributed by atoms with E-state index in [1.807, 2.05) is 0 Å². The van der Waals surface area contributed by atoms with Gasteiger partial charge in [0.15, 0.2) is 0 Å². The highest BCUT2D eigenvalue weighted by Crippen LogP contribution is 2.28. The van der Waals surface area contributed by atoms with Gasteiger partial charge in [-0.15, -0.1) is 0 Å². The summed E-state index contributed by atoms with van der Waals surface area (Å²) < 4.78 is 32.2. The molecule has 0 saturated heterocycles. The number of rotatable bonds is 5. The molecule has 0 fully saturated rings. The summed E-state index contributed by atoms with van der Waals surface area (Å²) in [5.74, 6) is -0.707. The summed E-state index contributed by atoms with van der Waals surface area (Å²) in [6.45, 7) is 0.507. The van der Waals surface area contributed by atoms with Crippen molar-refractivity contribution in [2.45, 2.75) is 4.90 Å². The lowest BCUT2D eigenvalue weighted by Crippen LogP contribution is -2.34. The molecule has 0 saturated carbocycles. The first-order valence-corrected chi connectivity index (χ1v) is 8.58. The fourth-order valence-electron chi connectivity index (χ4n) is 2.61. The minimum Gasteiger partial charge on any atom is -0.383 e. The SMILES string of the molecule is O=C1C=CC(=O)N1CCNc1cccc2c(S(=O)(=O)O)cccc12. The molecule has 8 heteroatoms. The fourth-order valence-corrected chi connectivity index (χ4v) is 3.32. The lowest BCUT2D eigenvalue weighted by atomic mass is 10.1. The van der Waals surface area contributed by atoms with Crippen LogP contribution in [0, 0.1) is 0 Å². The Morgan fingerprint density at radius 2 is 1.58 bits per heavy atom. The molecule has 2 N–H and O–H groups in total. The highest BCUT2D eigenvalue weighted by Gasteiger charge is 2.22. The maximum Gasteiger partial charge on any atom is 0.295 e. The molecule has 0 radical (unpaired) electrons. The van der Waals surface area contributed by atoms with Crippen molar-refractivity contribution in [3.63, 3.8) is 0 Å². The van der Waals surface area contributed by atoms with E-state index in [0.717, 1.165) is 4.90 Å². The van der Waals surface area contributed by atoms with Gasteiger partial charge in [-0.3, -0.25) is 19.0 Å². The second-order valence-corrected chi connectivity index (χ2v) is 6.61. The number of anilines is 1. The van der Waals surface area contributed by atoms with Gasteiger partial charge in [0.1, 0.15) is 4.90 Å². The normalized spacial score (nSPS) is 14.6. The Labute approximate surface area is 138 Å². The summed E-state index contributed by atoms with van der Waals surface area (Å²) in [4.78, 5) is 23.9. The van der Waals surface area contributed by atoms with E-state index in [9.17, 15) is 22.6 Å². The van der Waals surface area contributed by atoms with Gasteiger partial charge in [-0.1, -0.05) is 24.3 Å². The monoisotopic (exact) mass is 346 g/mol. The molecule has 0 bridgehead atoms. The minimum atomic E-state index is -4.33. The number of nitrogens with one attached hydrogen (secondary N) is 1. The van der Waals surface area contributed by atoms with E-state index >= 15 is 0 Å². The molecule has 2 amide bonds. The number of hydrogen-bond acceptors (Lipinski definition) is 5. The zero-order chi connectivity index (χ0) is 17.3. The molecule has 0 atom stereocenters. The Balaban J connectivity index is 1.83. The molecular formula is C16H14N2O5S. The van der Waals surface area contributed by atoms with Gasteiger partial charge in [0, 0.05) is 41.7 Å². The zero-order valence-electron chi connectivity index (χ0n) is 12.5. The van der Waals surface area contributed by atoms with Crippen molar-refractivity contribution in [2.24, 2.45) is 0 Å². The van der Waals surface area contributed by atoms with Crippen molar-refractivity contribution < 1.29 is 22.6 Å². The number of amides is 2. The summed E-state index contributed by atoms with van der Waals surface area (Å²) in [6, 6.07) is 9.60. The first-order valence-electron chi connectivity index (χ1n) is 7.14. The molecule has 24 heavy (non-hydrogen) atoms. The van der Waals surface area contributed by atoms with Crippen LogP contribution in [0.25, 0.3) is 10.8 Å². The first-order chi connectivity index (χ1) is 11.4. The van der Waals surface area contributed by atoms with E-state index in [-0.39, 0.29) is 23.3 Å². The lowest BCUT2D eigenvalue weighted by Gasteiger charge is -2.16. The van der Waals surface area contributed by atoms with E-state index < -0.39 is 10.1 Å². The van der Waals surface area contributed by atoms with Crippen LogP contribution >= 0.6 is 0 Å². The topological polar surface area (TPSA) is 104 Å². The zero-order valence-corrected chi connectivity index (χ0v) is 13.3. The minimum absolute atomic E-state index is 0.169. The Kier molecular flexibility index (Phi) is 4.08. The van der Waals surface area contributed by atoms with Crippen molar-refractivity contribution in [3.8, 4) is 0 Å². The summed E-state index contributed by atoms with van der Waals surface area (Å²) in [5, 5.41) is 4.09. The highest BCUT2D eigenvalue weighted by atomic mass is 32.2. The molecule has 124 valence electrons. The van der Waals surface area contributed by atoms with Crippen LogP contribution in [0.3, 0.4) is 0 Å². The van der Waals surface area contributed by atoms with Crippen molar-refractivity contribution in [3.05, 3.63) is 48.6 Å². The third-order valence-electron chi connectivity index (χ3n) is 3.71. The molecule has 2 aromatic rings. The van der Waals surface area contributed by atoms with Crippen LogP contribution in [-0.2, 0) is 19.7 Å². The highest BCUT2D eigenvalue weighted by molar-refractivity contribution is 7.86. The maximum atomic E-state index is 11.5. The average molecular weight is 346 g/mol. The third kappa shape index (κ3) is 3.01. The third-order valence-corrected chi connectivity index (χ3v) is 4.62. The summed E-state index contributed by atoms with van der Waals surface area (Å²) in [7, 11) is -4.33. The molecule has 3 rings (SSSR count). The van der Waals surface area contributed by atoms with Crippen LogP contribution in [-0.4, -0.2) is 42.8 Å². The molecule has 0 aromatic heterocycles. The number of benzene rings is 2. The van der Waals surface area contributed by atoms with Gasteiger partial charge in [-0.25, -0.2) is 0 Å². The van der Waals surface area contributed by atoms with Crippen LogP contribution in [0.15, 0.2) is 53.4 Å². The molecule has 0 unspecified atom stereocenters. The smallest absolute Gasteiger partial charge is 0.295 e. The predicted molar refractivity (Wildman–Crippen MR) is 88.1 cm³/mol. The number of carbonyl (C=O) groups is 2. The number of hydrogen-bond donors (Lipinski definition) is 2. The molecule has 1 aliphatic rings. The lowest BCUT2D eigenvalue weighted by molar-refractivity contribution is -0.136. The first kappa shape index (κ1) is 16.2. The summed E-state index contributed by atoms with van der Waals surface area (Å²) >= 11 is 0. The second kappa shape index (κ2) is 6.06. The predicted octanol–water partition coefficient (Wildman–Crippen LogP) is 1.42. The number of carbonyl (C=O) groups excluding carboxylic acids is 2. The van der Waals surface area contributed by atoms with Gasteiger partial charge >= 0.3 is 0 Å². The molecular weight excluding hydrogens is 332 g/mol. The molecule has 0 spiro atoms. The van der Waals surface area contributed by atoms with Gasteiger partial charge in [-0.05, 0) is 12.1 Å². The second-order valence-electron chi connectivity index (χ2n) is 5.22. The van der Waals surface area contributed by atoms with Gasteiger partial charge in [0.25, 0.3) is 21.9 Å². The van der Waals surface area contributed by atoms with Crippen LogP contribution in [0.2, 0.25) is 0 Å². The Hall–Kier alpha value is -2.71. The average Bonchev–Trinajstić information content (AvgIpc) is 2.85. The van der Waals surface area contributed by atoms with E-state index in [4.69, 9.17) is 0 Å². The number of nitrogens with zero attached hydrogens (tertiary/aromatic N) is 1. The van der Waals surface area contributed by atoms with Crippen LogP contribution in [0.5, 0.6) is 0 Å². The summed E-state index contributed by atoms with van der Waals surface area (Å²) in [5.41, 5.74) is 0.644. The van der Waals surface area contributed by atoms with E-state index in [2.05, 4.69) is 5.32 Å². The number of fused-ring (bicyclic) bond motifs is 1. The Morgan fingerprint density at radius 3 is 2.25 bits per heavy atom. The fraction of sp³-hybridized carbons (Fsp3) is 0.125. The van der Waals surface area contributed by atoms with E-state index in [1.54, 1.807) is 24.3 Å². The van der Waals surface area contributed by atoms with Crippen LogP contribution in [0.1, 0.15) is 0 Å². The van der Waals surface area contributed by atoms with Gasteiger partial charge in [0.05, 0.1) is 0 Å². The molecule has 2 aromatic carbocycles. The standard InChI is InChI=1S/C16H14N2O5S/c19-15-7-8-16(20)18(15)10-9-17-13-5-1-4-12-11(13)3-2-6-14(12)24(21,22)23/h1-8,17H,9-10H2,(H,21,22,23). The van der Waals surface area contributed by atoms with Gasteiger partial charge < -0.3 is 5.32 Å². The quantitative estimate of drug-likeness (QED) is 0.627. The van der Waals surface area contributed by atoms with Crippen molar-refractivity contribution in [1.29, 1.82) is 0 Å². The van der Waals surface area contributed by atoms with E-state index in [1.165, 1.54) is 24.3 Å². The number of imide groups is 1. The van der Waals surface area contributed by atoms with Crippen molar-refractivity contribution >= 4 is 38.4 Å². The van der Waals surface area contributed by atoms with Crippen molar-refractivity contribution in [2.75, 3.05) is 18.4 Å². The van der Waals surface area contributed by atoms with Crippen LogP contribution < -0.4 is 5.32 Å². The van der Waals surface area contributed by atoms with E-state index in [0.29, 0.717) is 23.0 Å². The van der Waals surface area contributed by atoms with Gasteiger partial charge in [-0.2, -0.15) is 8.42 Å². The van der Waals surface area contributed by atoms with Crippen LogP contribution in [0.4, 0.5) is 5.69 Å². The maximum absolute atomic E-state index is 11.5. The van der Waals surface area contributed by atoms with Crippen molar-refractivity contribution in [1.82, 2.24) is 4.90 Å².